The van der Waals surface area contributed by atoms with Gasteiger partial charge >= 0.3 is 17.9 Å². The van der Waals surface area contributed by atoms with Crippen LogP contribution in [0.25, 0.3) is 0 Å². The molecule has 37 heavy (non-hydrogen) atoms. The highest BCUT2D eigenvalue weighted by atomic mass is 16.6. The number of hydrogen-bond donors (Lipinski definition) is 2. The number of nitrogens with zero attached hydrogens (tertiary/aromatic N) is 3. The van der Waals surface area contributed by atoms with Crippen LogP contribution < -0.4 is 10.1 Å². The average molecular weight is 517 g/mol. The van der Waals surface area contributed by atoms with Crippen molar-refractivity contribution in [2.24, 2.45) is 11.8 Å². The molecule has 1 aliphatic heterocycles. The predicted molar refractivity (Wildman–Crippen MR) is 124 cm³/mol. The molecule has 0 spiro atoms. The molecule has 0 aromatic carbocycles. The maximum Gasteiger partial charge on any atom is 0.332 e. The van der Waals surface area contributed by atoms with E-state index in [2.05, 4.69) is 20.3 Å². The van der Waals surface area contributed by atoms with E-state index < -0.39 is 72.0 Å². The summed E-state index contributed by atoms with van der Waals surface area (Å²) >= 11 is 0. The highest BCUT2D eigenvalue weighted by Gasteiger charge is 2.42. The molecule has 1 fully saturated rings. The van der Waals surface area contributed by atoms with Crippen molar-refractivity contribution in [3.05, 3.63) is 42.2 Å². The van der Waals surface area contributed by atoms with E-state index in [0.29, 0.717) is 5.56 Å². The monoisotopic (exact) mass is 516 g/mol. The predicted octanol–water partition coefficient (Wildman–Crippen LogP) is 0.599. The topological polar surface area (TPSA) is 176 Å². The number of cyclic esters (lactones) is 2. The number of hydrogen-bond acceptors (Lipinski definition) is 12. The summed E-state index contributed by atoms with van der Waals surface area (Å²) in [6.07, 6.45) is 3.33. The highest BCUT2D eigenvalue weighted by molar-refractivity contribution is 5.98. The Kier molecular flexibility index (Phi) is 8.93. The molecular formula is C24H28N4O9. The van der Waals surface area contributed by atoms with E-state index in [1.807, 2.05) is 0 Å². The van der Waals surface area contributed by atoms with Crippen LogP contribution in [0.4, 0.5) is 0 Å². The fourth-order valence-corrected chi connectivity index (χ4v) is 3.57. The van der Waals surface area contributed by atoms with Crippen molar-refractivity contribution < 1.29 is 43.2 Å². The van der Waals surface area contributed by atoms with Gasteiger partial charge in [0.1, 0.15) is 25.0 Å². The van der Waals surface area contributed by atoms with Crippen LogP contribution in [0.1, 0.15) is 36.8 Å². The number of amides is 1. The number of rotatable bonds is 7. The van der Waals surface area contributed by atoms with E-state index in [1.54, 1.807) is 13.8 Å². The molecule has 4 atom stereocenters. The normalized spacial score (nSPS) is 22.1. The second-order valence-corrected chi connectivity index (χ2v) is 8.62. The molecule has 0 bridgehead atoms. The lowest BCUT2D eigenvalue weighted by Crippen LogP contribution is -2.47. The Labute approximate surface area is 212 Å². The van der Waals surface area contributed by atoms with Gasteiger partial charge < -0.3 is 29.4 Å². The van der Waals surface area contributed by atoms with Crippen LogP contribution in [0, 0.1) is 11.8 Å². The largest absolute Gasteiger partial charge is 0.503 e. The van der Waals surface area contributed by atoms with Gasteiger partial charge in [-0.2, -0.15) is 0 Å². The number of aromatic hydroxyl groups is 1. The minimum absolute atomic E-state index is 0.000198. The molecule has 3 heterocycles. The standard InChI is InChI=1S/C24H28N4O9/c1-12(2)22(31)37-20-13(3)36-24(33)16(28-21(30)18-19(29)17(34-4)5-6-27-18)10-35-23(32)15(20)7-14-8-25-11-26-9-14/h5-6,8-9,11-13,15-16,20,29H,7,10H2,1-4H3,(H,28,30). The maximum absolute atomic E-state index is 13.2. The number of ether oxygens (including phenoxy) is 4. The molecule has 0 aliphatic carbocycles. The molecule has 2 aromatic heterocycles. The van der Waals surface area contributed by atoms with Crippen molar-refractivity contribution in [1.29, 1.82) is 0 Å². The molecule has 0 saturated carbocycles. The number of methoxy groups -OCH3 is 1. The maximum atomic E-state index is 13.2. The smallest absolute Gasteiger partial charge is 0.332 e. The second-order valence-electron chi connectivity index (χ2n) is 8.62. The van der Waals surface area contributed by atoms with Crippen molar-refractivity contribution in [1.82, 2.24) is 20.3 Å². The minimum atomic E-state index is -1.44. The van der Waals surface area contributed by atoms with E-state index in [9.17, 15) is 24.3 Å². The van der Waals surface area contributed by atoms with Gasteiger partial charge in [-0.25, -0.2) is 19.7 Å². The lowest BCUT2D eigenvalue weighted by Gasteiger charge is -2.29. The number of esters is 3. The zero-order chi connectivity index (χ0) is 27.1. The summed E-state index contributed by atoms with van der Waals surface area (Å²) in [5.74, 6) is -5.35. The van der Waals surface area contributed by atoms with Crippen LogP contribution >= 0.6 is 0 Å². The number of pyridine rings is 1. The summed E-state index contributed by atoms with van der Waals surface area (Å²) in [6, 6.07) is -0.0908. The molecule has 13 nitrogen and oxygen atoms in total. The molecule has 2 aromatic rings. The van der Waals surface area contributed by atoms with Crippen LogP contribution in [-0.2, 0) is 35.0 Å². The fourth-order valence-electron chi connectivity index (χ4n) is 3.57. The molecule has 198 valence electrons. The number of aromatic nitrogens is 3. The van der Waals surface area contributed by atoms with Gasteiger partial charge in [0.15, 0.2) is 29.3 Å². The van der Waals surface area contributed by atoms with E-state index >= 15 is 0 Å². The third-order valence-electron chi connectivity index (χ3n) is 5.56. The van der Waals surface area contributed by atoms with Crippen LogP contribution in [0.5, 0.6) is 11.5 Å². The summed E-state index contributed by atoms with van der Waals surface area (Å²) in [4.78, 5) is 63.0. The Morgan fingerprint density at radius 3 is 2.57 bits per heavy atom. The summed E-state index contributed by atoms with van der Waals surface area (Å²) in [7, 11) is 1.30. The third-order valence-corrected chi connectivity index (χ3v) is 5.56. The first kappa shape index (κ1) is 27.3. The van der Waals surface area contributed by atoms with Crippen molar-refractivity contribution >= 4 is 23.8 Å². The highest BCUT2D eigenvalue weighted by Crippen LogP contribution is 2.28. The van der Waals surface area contributed by atoms with Gasteiger partial charge in [-0.15, -0.1) is 0 Å². The molecule has 1 saturated heterocycles. The lowest BCUT2D eigenvalue weighted by molar-refractivity contribution is -0.176. The fraction of sp³-hybridized carbons (Fsp3) is 0.458. The molecule has 0 radical (unpaired) electrons. The zero-order valence-electron chi connectivity index (χ0n) is 20.7. The van der Waals surface area contributed by atoms with Crippen molar-refractivity contribution in [2.45, 2.75) is 45.4 Å². The molecule has 2 N–H and O–H groups in total. The van der Waals surface area contributed by atoms with Gasteiger partial charge in [-0.05, 0) is 18.9 Å². The Morgan fingerprint density at radius 1 is 1.22 bits per heavy atom. The van der Waals surface area contributed by atoms with Crippen LogP contribution in [-0.4, -0.2) is 75.8 Å². The quantitative estimate of drug-likeness (QED) is 0.388. The zero-order valence-corrected chi connectivity index (χ0v) is 20.7. The third kappa shape index (κ3) is 6.68. The molecule has 4 unspecified atom stereocenters. The van der Waals surface area contributed by atoms with Crippen LogP contribution in [0.15, 0.2) is 31.0 Å². The van der Waals surface area contributed by atoms with Gasteiger partial charge in [-0.1, -0.05) is 13.8 Å². The molecule has 13 heteroatoms. The average Bonchev–Trinajstić information content (AvgIpc) is 2.91. The first-order chi connectivity index (χ1) is 17.6. The van der Waals surface area contributed by atoms with E-state index in [1.165, 1.54) is 45.0 Å². The summed E-state index contributed by atoms with van der Waals surface area (Å²) in [5.41, 5.74) is 0.161. The molecule has 1 aliphatic rings. The second kappa shape index (κ2) is 12.1. The van der Waals surface area contributed by atoms with E-state index in [-0.39, 0.29) is 12.2 Å². The number of carbonyl (C=O) groups excluding carboxylic acids is 4. The minimum Gasteiger partial charge on any atom is -0.503 e. The Morgan fingerprint density at radius 2 is 1.92 bits per heavy atom. The summed E-state index contributed by atoms with van der Waals surface area (Å²) in [5, 5.41) is 12.6. The van der Waals surface area contributed by atoms with Crippen LogP contribution in [0.3, 0.4) is 0 Å². The van der Waals surface area contributed by atoms with E-state index in [4.69, 9.17) is 18.9 Å². The Hall–Kier alpha value is -4.29. The first-order valence-corrected chi connectivity index (χ1v) is 11.5. The van der Waals surface area contributed by atoms with Crippen molar-refractivity contribution in [3.8, 4) is 11.5 Å². The van der Waals surface area contributed by atoms with Gasteiger partial charge in [0, 0.05) is 24.7 Å². The number of nitrogens with one attached hydrogen (secondary N) is 1. The summed E-state index contributed by atoms with van der Waals surface area (Å²) in [6.45, 7) is 4.14. The first-order valence-electron chi connectivity index (χ1n) is 11.5. The van der Waals surface area contributed by atoms with Crippen molar-refractivity contribution in [2.75, 3.05) is 13.7 Å². The lowest BCUT2D eigenvalue weighted by atomic mass is 9.92. The van der Waals surface area contributed by atoms with Gasteiger partial charge in [-0.3, -0.25) is 14.4 Å². The number of carbonyl (C=O) groups is 4. The van der Waals surface area contributed by atoms with Crippen LogP contribution in [0.2, 0.25) is 0 Å². The van der Waals surface area contributed by atoms with Gasteiger partial charge in [0.05, 0.1) is 13.0 Å². The molecular weight excluding hydrogens is 488 g/mol. The Balaban J connectivity index is 1.87. The van der Waals surface area contributed by atoms with Gasteiger partial charge in [0.25, 0.3) is 5.91 Å². The van der Waals surface area contributed by atoms with Gasteiger partial charge in [0.2, 0.25) is 0 Å². The SMILES string of the molecule is COc1ccnc(C(=O)NC2COC(=O)C(Cc3cncnc3)C(OC(=O)C(C)C)C(C)OC2=O)c1O. The summed E-state index contributed by atoms with van der Waals surface area (Å²) < 4.78 is 21.4. The van der Waals surface area contributed by atoms with Crippen molar-refractivity contribution in [3.63, 3.8) is 0 Å². The molecule has 3 rings (SSSR count). The van der Waals surface area contributed by atoms with E-state index in [0.717, 1.165) is 0 Å². The molecule has 1 amide bonds. The Bertz CT molecular complexity index is 1140.